The summed E-state index contributed by atoms with van der Waals surface area (Å²) in [5.74, 6) is -0.927. The average molecular weight is 393 g/mol. The van der Waals surface area contributed by atoms with E-state index in [4.69, 9.17) is 0 Å². The first kappa shape index (κ1) is 18.8. The van der Waals surface area contributed by atoms with Crippen LogP contribution in [0.15, 0.2) is 60.8 Å². The van der Waals surface area contributed by atoms with Gasteiger partial charge in [0.15, 0.2) is 5.69 Å². The summed E-state index contributed by atoms with van der Waals surface area (Å²) in [5, 5.41) is 10.9. The quantitative estimate of drug-likeness (QED) is 0.738. The molecular weight excluding hydrogens is 373 g/mol. The van der Waals surface area contributed by atoms with E-state index in [1.54, 1.807) is 21.8 Å². The van der Waals surface area contributed by atoms with E-state index in [0.29, 0.717) is 31.5 Å². The lowest BCUT2D eigenvalue weighted by Crippen LogP contribution is -2.46. The Labute approximate surface area is 167 Å². The molecule has 0 atom stereocenters. The standard InChI is InChI=1S/C21H20FN5O2/c22-16-6-4-5-15(13-16)20(28)23-17-9-11-26(12-10-17)21(29)19-14-27(25-24-19)18-7-2-1-3-8-18/h1-8,13-14,17H,9-12H2,(H,23,28). The molecular formula is C21H20FN5O2. The number of piperidine rings is 1. The van der Waals surface area contributed by atoms with Gasteiger partial charge in [0.05, 0.1) is 11.9 Å². The molecule has 1 saturated heterocycles. The summed E-state index contributed by atoms with van der Waals surface area (Å²) in [6.07, 6.45) is 2.87. The molecule has 0 spiro atoms. The Morgan fingerprint density at radius 2 is 1.79 bits per heavy atom. The molecule has 1 aliphatic rings. The van der Waals surface area contributed by atoms with Gasteiger partial charge >= 0.3 is 0 Å². The van der Waals surface area contributed by atoms with Gasteiger partial charge in [0.2, 0.25) is 0 Å². The lowest BCUT2D eigenvalue weighted by Gasteiger charge is -2.31. The molecule has 0 saturated carbocycles. The van der Waals surface area contributed by atoms with Gasteiger partial charge < -0.3 is 10.2 Å². The zero-order valence-electron chi connectivity index (χ0n) is 15.7. The van der Waals surface area contributed by atoms with Crippen molar-refractivity contribution in [3.05, 3.63) is 77.9 Å². The van der Waals surface area contributed by atoms with Crippen molar-refractivity contribution in [1.29, 1.82) is 0 Å². The Hall–Kier alpha value is -3.55. The number of carbonyl (C=O) groups excluding carboxylic acids is 2. The number of likely N-dealkylation sites (tertiary alicyclic amines) is 1. The van der Waals surface area contributed by atoms with Crippen molar-refractivity contribution in [1.82, 2.24) is 25.2 Å². The molecule has 0 unspecified atom stereocenters. The third kappa shape index (κ3) is 4.31. The topological polar surface area (TPSA) is 80.1 Å². The van der Waals surface area contributed by atoms with Crippen molar-refractivity contribution in [3.8, 4) is 5.69 Å². The maximum Gasteiger partial charge on any atom is 0.276 e. The summed E-state index contributed by atoms with van der Waals surface area (Å²) in [6, 6.07) is 15.0. The van der Waals surface area contributed by atoms with Crippen LogP contribution in [0, 0.1) is 5.82 Å². The smallest absolute Gasteiger partial charge is 0.276 e. The van der Waals surface area contributed by atoms with Crippen LogP contribution in [0.5, 0.6) is 0 Å². The van der Waals surface area contributed by atoms with Crippen LogP contribution in [0.1, 0.15) is 33.7 Å². The normalized spacial score (nSPS) is 14.6. The Bertz CT molecular complexity index is 1010. The van der Waals surface area contributed by atoms with E-state index in [2.05, 4.69) is 15.6 Å². The summed E-state index contributed by atoms with van der Waals surface area (Å²) >= 11 is 0. The number of carbonyl (C=O) groups is 2. The van der Waals surface area contributed by atoms with Gasteiger partial charge in [-0.15, -0.1) is 5.10 Å². The van der Waals surface area contributed by atoms with E-state index < -0.39 is 5.82 Å². The molecule has 2 aromatic carbocycles. The molecule has 7 nitrogen and oxygen atoms in total. The molecule has 1 aromatic heterocycles. The Morgan fingerprint density at radius 1 is 1.03 bits per heavy atom. The monoisotopic (exact) mass is 393 g/mol. The average Bonchev–Trinajstić information content (AvgIpc) is 3.25. The van der Waals surface area contributed by atoms with Crippen LogP contribution >= 0.6 is 0 Å². The lowest BCUT2D eigenvalue weighted by molar-refractivity contribution is 0.0692. The van der Waals surface area contributed by atoms with E-state index >= 15 is 0 Å². The van der Waals surface area contributed by atoms with Crippen molar-refractivity contribution in [3.63, 3.8) is 0 Å². The second kappa shape index (κ2) is 8.22. The van der Waals surface area contributed by atoms with Crippen LogP contribution in [-0.4, -0.2) is 50.8 Å². The fraction of sp³-hybridized carbons (Fsp3) is 0.238. The van der Waals surface area contributed by atoms with Crippen LogP contribution in [-0.2, 0) is 0 Å². The van der Waals surface area contributed by atoms with E-state index in [1.165, 1.54) is 18.2 Å². The second-order valence-corrected chi connectivity index (χ2v) is 6.93. The highest BCUT2D eigenvalue weighted by Gasteiger charge is 2.26. The van der Waals surface area contributed by atoms with E-state index in [-0.39, 0.29) is 23.6 Å². The van der Waals surface area contributed by atoms with Gasteiger partial charge in [-0.3, -0.25) is 9.59 Å². The van der Waals surface area contributed by atoms with E-state index in [1.807, 2.05) is 30.3 Å². The molecule has 148 valence electrons. The zero-order chi connectivity index (χ0) is 20.2. The number of hydrogen-bond acceptors (Lipinski definition) is 4. The number of nitrogens with one attached hydrogen (secondary N) is 1. The van der Waals surface area contributed by atoms with Crippen molar-refractivity contribution >= 4 is 11.8 Å². The predicted molar refractivity (Wildman–Crippen MR) is 104 cm³/mol. The number of halogens is 1. The summed E-state index contributed by atoms with van der Waals surface area (Å²) < 4.78 is 14.8. The Morgan fingerprint density at radius 3 is 2.52 bits per heavy atom. The third-order valence-corrected chi connectivity index (χ3v) is 4.94. The highest BCUT2D eigenvalue weighted by molar-refractivity contribution is 5.94. The summed E-state index contributed by atoms with van der Waals surface area (Å²) in [6.45, 7) is 1.01. The number of benzene rings is 2. The van der Waals surface area contributed by atoms with Gasteiger partial charge in [0.25, 0.3) is 11.8 Å². The van der Waals surface area contributed by atoms with E-state index in [0.717, 1.165) is 5.69 Å². The van der Waals surface area contributed by atoms with Gasteiger partial charge in [-0.1, -0.05) is 29.5 Å². The number of aromatic nitrogens is 3. The molecule has 1 N–H and O–H groups in total. The van der Waals surface area contributed by atoms with Crippen molar-refractivity contribution in [2.45, 2.75) is 18.9 Å². The van der Waals surface area contributed by atoms with Gasteiger partial charge in [-0.05, 0) is 43.2 Å². The molecule has 1 fully saturated rings. The highest BCUT2D eigenvalue weighted by atomic mass is 19.1. The first-order valence-electron chi connectivity index (χ1n) is 9.43. The molecule has 0 bridgehead atoms. The number of hydrogen-bond donors (Lipinski definition) is 1. The highest BCUT2D eigenvalue weighted by Crippen LogP contribution is 2.15. The molecule has 2 amide bonds. The summed E-state index contributed by atoms with van der Waals surface area (Å²) in [5.41, 5.74) is 1.41. The van der Waals surface area contributed by atoms with Gasteiger partial charge in [-0.25, -0.2) is 9.07 Å². The number of amides is 2. The van der Waals surface area contributed by atoms with Gasteiger partial charge in [0, 0.05) is 24.7 Å². The van der Waals surface area contributed by atoms with Crippen LogP contribution in [0.2, 0.25) is 0 Å². The second-order valence-electron chi connectivity index (χ2n) is 6.93. The van der Waals surface area contributed by atoms with Crippen LogP contribution < -0.4 is 5.32 Å². The van der Waals surface area contributed by atoms with Crippen LogP contribution in [0.25, 0.3) is 5.69 Å². The molecule has 4 rings (SSSR count). The predicted octanol–water partition coefficient (Wildman–Crippen LogP) is 2.44. The fourth-order valence-electron chi connectivity index (χ4n) is 3.36. The molecule has 0 radical (unpaired) electrons. The van der Waals surface area contributed by atoms with Crippen molar-refractivity contribution in [2.24, 2.45) is 0 Å². The molecule has 8 heteroatoms. The molecule has 29 heavy (non-hydrogen) atoms. The maximum atomic E-state index is 13.3. The first-order valence-corrected chi connectivity index (χ1v) is 9.43. The number of rotatable bonds is 4. The SMILES string of the molecule is O=C(NC1CCN(C(=O)c2cn(-c3ccccc3)nn2)CC1)c1cccc(F)c1. The van der Waals surface area contributed by atoms with Gasteiger partial charge in [-0.2, -0.15) is 0 Å². The maximum absolute atomic E-state index is 13.3. The van der Waals surface area contributed by atoms with Crippen LogP contribution in [0.3, 0.4) is 0 Å². The number of nitrogens with zero attached hydrogens (tertiary/aromatic N) is 4. The molecule has 2 heterocycles. The lowest BCUT2D eigenvalue weighted by atomic mass is 10.0. The minimum absolute atomic E-state index is 0.0604. The van der Waals surface area contributed by atoms with Crippen LogP contribution in [0.4, 0.5) is 4.39 Å². The summed E-state index contributed by atoms with van der Waals surface area (Å²) in [4.78, 5) is 26.7. The third-order valence-electron chi connectivity index (χ3n) is 4.94. The fourth-order valence-corrected chi connectivity index (χ4v) is 3.36. The largest absolute Gasteiger partial charge is 0.349 e. The Kier molecular flexibility index (Phi) is 5.33. The van der Waals surface area contributed by atoms with Gasteiger partial charge in [0.1, 0.15) is 5.82 Å². The molecule has 1 aliphatic heterocycles. The minimum Gasteiger partial charge on any atom is -0.349 e. The molecule has 3 aromatic rings. The van der Waals surface area contributed by atoms with Crippen molar-refractivity contribution in [2.75, 3.05) is 13.1 Å². The number of para-hydroxylation sites is 1. The van der Waals surface area contributed by atoms with E-state index in [9.17, 15) is 14.0 Å². The first-order chi connectivity index (χ1) is 14.1. The minimum atomic E-state index is -0.443. The summed E-state index contributed by atoms with van der Waals surface area (Å²) in [7, 11) is 0. The van der Waals surface area contributed by atoms with Crippen molar-refractivity contribution < 1.29 is 14.0 Å². The zero-order valence-corrected chi connectivity index (χ0v) is 15.7. The Balaban J connectivity index is 1.33. The molecule has 0 aliphatic carbocycles.